The van der Waals surface area contributed by atoms with Gasteiger partial charge in [0.1, 0.15) is 0 Å². The summed E-state index contributed by atoms with van der Waals surface area (Å²) >= 11 is 0. The predicted octanol–water partition coefficient (Wildman–Crippen LogP) is 4.17. The Morgan fingerprint density at radius 1 is 1.25 bits per heavy atom. The Kier molecular flexibility index (Phi) is 4.98. The molecule has 0 saturated heterocycles. The van der Waals surface area contributed by atoms with Crippen LogP contribution in [0.5, 0.6) is 0 Å². The summed E-state index contributed by atoms with van der Waals surface area (Å²) in [5.74, 6) is 0.552. The van der Waals surface area contributed by atoms with Crippen molar-refractivity contribution in [3.63, 3.8) is 0 Å². The molecule has 1 aliphatic rings. The summed E-state index contributed by atoms with van der Waals surface area (Å²) in [5.41, 5.74) is 5.86. The molecule has 1 unspecified atom stereocenters. The standard InChI is InChI=1S/C18H28N2/c1-6-14(4)20-8-7-15-9-16(11-19-5)18(13(2)3)10-17(15)12-20/h9-10,13-14H,5-8,11-12H2,1-4H3. The van der Waals surface area contributed by atoms with Crippen LogP contribution in [0, 0.1) is 0 Å². The van der Waals surface area contributed by atoms with E-state index < -0.39 is 0 Å². The topological polar surface area (TPSA) is 15.6 Å². The van der Waals surface area contributed by atoms with Gasteiger partial charge >= 0.3 is 0 Å². The molecule has 0 amide bonds. The molecular formula is C18H28N2. The third-order valence-corrected chi connectivity index (χ3v) is 4.62. The average molecular weight is 272 g/mol. The number of rotatable bonds is 5. The molecule has 1 aromatic carbocycles. The largest absolute Gasteiger partial charge is 0.296 e. The van der Waals surface area contributed by atoms with Gasteiger partial charge in [-0.2, -0.15) is 0 Å². The molecule has 0 aromatic heterocycles. The summed E-state index contributed by atoms with van der Waals surface area (Å²) in [7, 11) is 0. The second-order valence-electron chi connectivity index (χ2n) is 6.33. The summed E-state index contributed by atoms with van der Waals surface area (Å²) < 4.78 is 0. The zero-order chi connectivity index (χ0) is 14.7. The highest BCUT2D eigenvalue weighted by molar-refractivity contribution is 5.42. The third-order valence-electron chi connectivity index (χ3n) is 4.62. The molecule has 1 atom stereocenters. The zero-order valence-corrected chi connectivity index (χ0v) is 13.4. The van der Waals surface area contributed by atoms with Crippen LogP contribution in [0.15, 0.2) is 17.1 Å². The Bertz CT molecular complexity index is 477. The number of aliphatic imine (C=N–C) groups is 1. The van der Waals surface area contributed by atoms with Gasteiger partial charge in [-0.3, -0.25) is 9.89 Å². The summed E-state index contributed by atoms with van der Waals surface area (Å²) in [4.78, 5) is 6.70. The van der Waals surface area contributed by atoms with Crippen LogP contribution in [-0.4, -0.2) is 24.2 Å². The maximum atomic E-state index is 4.09. The molecule has 0 radical (unpaired) electrons. The van der Waals surface area contributed by atoms with Crippen LogP contribution in [-0.2, 0) is 19.5 Å². The van der Waals surface area contributed by atoms with Crippen molar-refractivity contribution in [2.75, 3.05) is 6.54 Å². The normalized spacial score (nSPS) is 17.1. The molecule has 2 nitrogen and oxygen atoms in total. The molecule has 0 spiro atoms. The second kappa shape index (κ2) is 6.53. The number of benzene rings is 1. The summed E-state index contributed by atoms with van der Waals surface area (Å²) in [5, 5.41) is 0. The van der Waals surface area contributed by atoms with Gasteiger partial charge < -0.3 is 0 Å². The molecule has 1 aromatic rings. The van der Waals surface area contributed by atoms with Crippen molar-refractivity contribution in [2.24, 2.45) is 4.99 Å². The fourth-order valence-electron chi connectivity index (χ4n) is 3.13. The first-order valence-corrected chi connectivity index (χ1v) is 7.87. The summed E-state index contributed by atoms with van der Waals surface area (Å²) in [6.07, 6.45) is 2.40. The number of fused-ring (bicyclic) bond motifs is 1. The van der Waals surface area contributed by atoms with E-state index in [1.807, 2.05) is 0 Å². The van der Waals surface area contributed by atoms with E-state index in [1.54, 1.807) is 0 Å². The lowest BCUT2D eigenvalue weighted by molar-refractivity contribution is 0.186. The zero-order valence-electron chi connectivity index (χ0n) is 13.4. The van der Waals surface area contributed by atoms with Crippen LogP contribution >= 0.6 is 0 Å². The maximum Gasteiger partial charge on any atom is 0.0635 e. The lowest BCUT2D eigenvalue weighted by Gasteiger charge is -2.34. The van der Waals surface area contributed by atoms with Gasteiger partial charge in [0.2, 0.25) is 0 Å². The molecule has 0 saturated carbocycles. The number of nitrogens with zero attached hydrogens (tertiary/aromatic N) is 2. The summed E-state index contributed by atoms with van der Waals surface area (Å²) in [6, 6.07) is 5.49. The highest BCUT2D eigenvalue weighted by Crippen LogP contribution is 2.29. The lowest BCUT2D eigenvalue weighted by Crippen LogP contribution is -2.37. The van der Waals surface area contributed by atoms with Crippen LogP contribution in [0.2, 0.25) is 0 Å². The van der Waals surface area contributed by atoms with E-state index >= 15 is 0 Å². The van der Waals surface area contributed by atoms with Crippen molar-refractivity contribution in [1.82, 2.24) is 4.90 Å². The van der Waals surface area contributed by atoms with Gasteiger partial charge in [-0.25, -0.2) is 0 Å². The van der Waals surface area contributed by atoms with Gasteiger partial charge in [-0.1, -0.05) is 32.9 Å². The molecule has 2 heteroatoms. The Morgan fingerprint density at radius 3 is 2.60 bits per heavy atom. The van der Waals surface area contributed by atoms with E-state index in [0.717, 1.165) is 13.1 Å². The van der Waals surface area contributed by atoms with Crippen molar-refractivity contribution in [2.45, 2.75) is 65.6 Å². The minimum atomic E-state index is 0.552. The third kappa shape index (κ3) is 3.12. The van der Waals surface area contributed by atoms with Crippen LogP contribution < -0.4 is 0 Å². The van der Waals surface area contributed by atoms with Gasteiger partial charge in [0.25, 0.3) is 0 Å². The molecule has 0 fully saturated rings. The predicted molar refractivity (Wildman–Crippen MR) is 87.7 cm³/mol. The van der Waals surface area contributed by atoms with Gasteiger partial charge in [-0.05, 0) is 54.7 Å². The molecule has 0 aliphatic carbocycles. The van der Waals surface area contributed by atoms with E-state index in [0.29, 0.717) is 12.0 Å². The van der Waals surface area contributed by atoms with Crippen LogP contribution in [0.1, 0.15) is 62.3 Å². The van der Waals surface area contributed by atoms with Crippen LogP contribution in [0.25, 0.3) is 0 Å². The Balaban J connectivity index is 2.33. The van der Waals surface area contributed by atoms with Crippen molar-refractivity contribution in [3.8, 4) is 0 Å². The minimum absolute atomic E-state index is 0.552. The smallest absolute Gasteiger partial charge is 0.0635 e. The lowest BCUT2D eigenvalue weighted by atomic mass is 9.88. The van der Waals surface area contributed by atoms with Crippen molar-refractivity contribution in [1.29, 1.82) is 0 Å². The Labute approximate surface area is 123 Å². The highest BCUT2D eigenvalue weighted by Gasteiger charge is 2.21. The number of hydrogen-bond acceptors (Lipinski definition) is 2. The molecule has 2 rings (SSSR count). The molecule has 20 heavy (non-hydrogen) atoms. The molecule has 1 aliphatic heterocycles. The van der Waals surface area contributed by atoms with Crippen molar-refractivity contribution < 1.29 is 0 Å². The molecule has 0 N–H and O–H groups in total. The molecule has 110 valence electrons. The van der Waals surface area contributed by atoms with E-state index in [4.69, 9.17) is 0 Å². The fraction of sp³-hybridized carbons (Fsp3) is 0.611. The molecular weight excluding hydrogens is 244 g/mol. The fourth-order valence-corrected chi connectivity index (χ4v) is 3.13. The maximum absolute atomic E-state index is 4.09. The summed E-state index contributed by atoms with van der Waals surface area (Å²) in [6.45, 7) is 15.8. The van der Waals surface area contributed by atoms with E-state index in [2.05, 4.69) is 56.4 Å². The first kappa shape index (κ1) is 15.2. The van der Waals surface area contributed by atoms with Crippen molar-refractivity contribution in [3.05, 3.63) is 34.4 Å². The number of hydrogen-bond donors (Lipinski definition) is 0. The van der Waals surface area contributed by atoms with Crippen LogP contribution in [0.3, 0.4) is 0 Å². The van der Waals surface area contributed by atoms with Crippen LogP contribution in [0.4, 0.5) is 0 Å². The SMILES string of the molecule is C=NCc1cc2c(cc1C(C)C)CN(C(C)CC)CC2. The second-order valence-corrected chi connectivity index (χ2v) is 6.33. The van der Waals surface area contributed by atoms with Gasteiger partial charge in [0.05, 0.1) is 6.54 Å². The average Bonchev–Trinajstić information content (AvgIpc) is 2.45. The molecule has 0 bridgehead atoms. The van der Waals surface area contributed by atoms with E-state index in [1.165, 1.54) is 41.6 Å². The highest BCUT2D eigenvalue weighted by atomic mass is 15.1. The Hall–Kier alpha value is -1.15. The molecule has 1 heterocycles. The van der Waals surface area contributed by atoms with Gasteiger partial charge in [0, 0.05) is 19.1 Å². The van der Waals surface area contributed by atoms with Gasteiger partial charge in [-0.15, -0.1) is 0 Å². The van der Waals surface area contributed by atoms with Crippen molar-refractivity contribution >= 4 is 6.72 Å². The van der Waals surface area contributed by atoms with Gasteiger partial charge in [0.15, 0.2) is 0 Å². The Morgan fingerprint density at radius 2 is 2.00 bits per heavy atom. The quantitative estimate of drug-likeness (QED) is 0.735. The van der Waals surface area contributed by atoms with E-state index in [-0.39, 0.29) is 0 Å². The minimum Gasteiger partial charge on any atom is -0.296 e. The monoisotopic (exact) mass is 272 g/mol. The van der Waals surface area contributed by atoms with E-state index in [9.17, 15) is 0 Å². The first-order valence-electron chi connectivity index (χ1n) is 7.87. The first-order chi connectivity index (χ1) is 9.56.